The number of nitrogens with one attached hydrogen (secondary N) is 1. The highest BCUT2D eigenvalue weighted by atomic mass is 79.9. The van der Waals surface area contributed by atoms with Crippen molar-refractivity contribution in [1.29, 1.82) is 0 Å². The zero-order valence-electron chi connectivity index (χ0n) is 11.1. The normalized spacial score (nSPS) is 10.3. The van der Waals surface area contributed by atoms with Gasteiger partial charge < -0.3 is 10.4 Å². The van der Waals surface area contributed by atoms with Crippen LogP contribution in [0.25, 0.3) is 0 Å². The molecule has 0 saturated carbocycles. The zero-order chi connectivity index (χ0) is 14.4. The summed E-state index contributed by atoms with van der Waals surface area (Å²) >= 11 is 3.43. The summed E-state index contributed by atoms with van der Waals surface area (Å²) in [7, 11) is 0. The fraction of sp³-hybridized carbons (Fsp3) is 0.429. The van der Waals surface area contributed by atoms with Crippen LogP contribution in [-0.2, 0) is 4.79 Å². The van der Waals surface area contributed by atoms with Crippen LogP contribution in [0.2, 0.25) is 0 Å². The Balaban J connectivity index is 2.50. The summed E-state index contributed by atoms with van der Waals surface area (Å²) in [4.78, 5) is 22.3. The molecule has 0 bridgehead atoms. The van der Waals surface area contributed by atoms with Crippen LogP contribution in [0.4, 0.5) is 0 Å². The third kappa shape index (κ3) is 5.03. The lowest BCUT2D eigenvalue weighted by Crippen LogP contribution is -2.25. The number of carboxylic acid groups (broad SMARTS) is 1. The first kappa shape index (κ1) is 15.7. The van der Waals surface area contributed by atoms with Crippen molar-refractivity contribution in [3.05, 3.63) is 33.3 Å². The zero-order valence-corrected chi connectivity index (χ0v) is 12.7. The van der Waals surface area contributed by atoms with Crippen molar-refractivity contribution < 1.29 is 14.7 Å². The molecule has 0 atom stereocenters. The molecule has 0 aliphatic carbocycles. The number of benzene rings is 1. The summed E-state index contributed by atoms with van der Waals surface area (Å²) in [6.07, 6.45) is 1.40. The van der Waals surface area contributed by atoms with Crippen molar-refractivity contribution in [3.8, 4) is 0 Å². The molecule has 0 aliphatic rings. The smallest absolute Gasteiger partial charge is 0.303 e. The fourth-order valence-electron chi connectivity index (χ4n) is 1.72. The van der Waals surface area contributed by atoms with Gasteiger partial charge in [0.15, 0.2) is 0 Å². The van der Waals surface area contributed by atoms with Gasteiger partial charge in [0.1, 0.15) is 0 Å². The SMILES string of the molecule is Cc1cc(C(=O)NCCCCC(=O)O)c(C)cc1Br. The Kier molecular flexibility index (Phi) is 6.02. The standard InChI is InChI=1S/C14H18BrNO3/c1-9-8-12(15)10(2)7-11(9)14(19)16-6-4-3-5-13(17)18/h7-8H,3-6H2,1-2H3,(H,16,19)(H,17,18). The Morgan fingerprint density at radius 2 is 1.89 bits per heavy atom. The van der Waals surface area contributed by atoms with Crippen LogP contribution in [0, 0.1) is 13.8 Å². The van der Waals surface area contributed by atoms with Gasteiger partial charge in [0.05, 0.1) is 0 Å². The quantitative estimate of drug-likeness (QED) is 0.789. The fourth-order valence-corrected chi connectivity index (χ4v) is 2.18. The van der Waals surface area contributed by atoms with Gasteiger partial charge >= 0.3 is 5.97 Å². The number of carboxylic acids is 1. The highest BCUT2D eigenvalue weighted by molar-refractivity contribution is 9.10. The summed E-state index contributed by atoms with van der Waals surface area (Å²) in [6, 6.07) is 3.78. The van der Waals surface area contributed by atoms with Crippen LogP contribution >= 0.6 is 15.9 Å². The molecule has 0 fully saturated rings. The third-order valence-corrected chi connectivity index (χ3v) is 3.71. The molecular weight excluding hydrogens is 310 g/mol. The van der Waals surface area contributed by atoms with Gasteiger partial charge in [-0.25, -0.2) is 0 Å². The Morgan fingerprint density at radius 3 is 2.53 bits per heavy atom. The second-order valence-electron chi connectivity index (χ2n) is 4.52. The van der Waals surface area contributed by atoms with Crippen LogP contribution in [-0.4, -0.2) is 23.5 Å². The molecule has 1 rings (SSSR count). The molecule has 104 valence electrons. The van der Waals surface area contributed by atoms with Gasteiger partial charge in [-0.15, -0.1) is 0 Å². The number of amides is 1. The predicted octanol–water partition coefficient (Wildman–Crippen LogP) is 3.05. The van der Waals surface area contributed by atoms with E-state index in [1.807, 2.05) is 26.0 Å². The average molecular weight is 328 g/mol. The van der Waals surface area contributed by atoms with Gasteiger partial charge in [-0.1, -0.05) is 15.9 Å². The molecule has 1 aromatic carbocycles. The van der Waals surface area contributed by atoms with Gasteiger partial charge in [0.25, 0.3) is 5.91 Å². The highest BCUT2D eigenvalue weighted by Crippen LogP contribution is 2.20. The Bertz CT molecular complexity index is 486. The second kappa shape index (κ2) is 7.28. The molecule has 19 heavy (non-hydrogen) atoms. The second-order valence-corrected chi connectivity index (χ2v) is 5.38. The average Bonchev–Trinajstić information content (AvgIpc) is 2.32. The van der Waals surface area contributed by atoms with E-state index in [4.69, 9.17) is 5.11 Å². The Morgan fingerprint density at radius 1 is 1.21 bits per heavy atom. The molecule has 0 unspecified atom stereocenters. The number of aryl methyl sites for hydroxylation is 2. The van der Waals surface area contributed by atoms with Crippen LogP contribution in [0.15, 0.2) is 16.6 Å². The van der Waals surface area contributed by atoms with E-state index in [-0.39, 0.29) is 12.3 Å². The number of hydrogen-bond acceptors (Lipinski definition) is 2. The Labute approximate surface area is 121 Å². The monoisotopic (exact) mass is 327 g/mol. The number of aliphatic carboxylic acids is 1. The molecule has 2 N–H and O–H groups in total. The molecule has 1 aromatic rings. The lowest BCUT2D eigenvalue weighted by Gasteiger charge is -2.09. The molecule has 0 aromatic heterocycles. The van der Waals surface area contributed by atoms with Gasteiger partial charge in [-0.05, 0) is 49.9 Å². The third-order valence-electron chi connectivity index (χ3n) is 2.85. The summed E-state index contributed by atoms with van der Waals surface area (Å²) in [5.41, 5.74) is 2.60. The molecule has 0 spiro atoms. The van der Waals surface area contributed by atoms with Crippen molar-refractivity contribution in [2.75, 3.05) is 6.54 Å². The van der Waals surface area contributed by atoms with Crippen molar-refractivity contribution >= 4 is 27.8 Å². The molecular formula is C14H18BrNO3. The van der Waals surface area contributed by atoms with Crippen molar-refractivity contribution in [2.45, 2.75) is 33.1 Å². The summed E-state index contributed by atoms with van der Waals surface area (Å²) in [5.74, 6) is -0.908. The van der Waals surface area contributed by atoms with Crippen LogP contribution in [0.5, 0.6) is 0 Å². The molecule has 0 heterocycles. The molecule has 0 aliphatic heterocycles. The number of unbranched alkanes of at least 4 members (excludes halogenated alkanes) is 1. The number of carbonyl (C=O) groups is 2. The van der Waals surface area contributed by atoms with E-state index in [0.29, 0.717) is 24.9 Å². The number of carbonyl (C=O) groups excluding carboxylic acids is 1. The van der Waals surface area contributed by atoms with Crippen LogP contribution in [0.3, 0.4) is 0 Å². The van der Waals surface area contributed by atoms with Crippen LogP contribution < -0.4 is 5.32 Å². The molecule has 5 heteroatoms. The van der Waals surface area contributed by atoms with E-state index in [0.717, 1.165) is 15.6 Å². The maximum Gasteiger partial charge on any atom is 0.303 e. The van der Waals surface area contributed by atoms with E-state index < -0.39 is 5.97 Å². The van der Waals surface area contributed by atoms with E-state index in [9.17, 15) is 9.59 Å². The van der Waals surface area contributed by atoms with Gasteiger partial charge in [0, 0.05) is 23.0 Å². The number of hydrogen-bond donors (Lipinski definition) is 2. The first-order valence-corrected chi connectivity index (χ1v) is 6.98. The maximum absolute atomic E-state index is 12.0. The minimum atomic E-state index is -0.800. The van der Waals surface area contributed by atoms with Crippen molar-refractivity contribution in [3.63, 3.8) is 0 Å². The largest absolute Gasteiger partial charge is 0.481 e. The van der Waals surface area contributed by atoms with E-state index >= 15 is 0 Å². The lowest BCUT2D eigenvalue weighted by atomic mass is 10.1. The Hall–Kier alpha value is -1.36. The minimum Gasteiger partial charge on any atom is -0.481 e. The summed E-state index contributed by atoms with van der Waals surface area (Å²) in [6.45, 7) is 4.33. The summed E-state index contributed by atoms with van der Waals surface area (Å²) < 4.78 is 0.989. The first-order valence-electron chi connectivity index (χ1n) is 6.18. The minimum absolute atomic E-state index is 0.108. The molecule has 0 radical (unpaired) electrons. The predicted molar refractivity (Wildman–Crippen MR) is 77.4 cm³/mol. The van der Waals surface area contributed by atoms with Crippen molar-refractivity contribution in [2.24, 2.45) is 0 Å². The first-order chi connectivity index (χ1) is 8.91. The topological polar surface area (TPSA) is 66.4 Å². The van der Waals surface area contributed by atoms with Gasteiger partial charge in [-0.3, -0.25) is 9.59 Å². The van der Waals surface area contributed by atoms with Gasteiger partial charge in [0.2, 0.25) is 0 Å². The molecule has 1 amide bonds. The van der Waals surface area contributed by atoms with Crippen LogP contribution in [0.1, 0.15) is 40.7 Å². The lowest BCUT2D eigenvalue weighted by molar-refractivity contribution is -0.137. The van der Waals surface area contributed by atoms with E-state index in [1.54, 1.807) is 0 Å². The summed E-state index contributed by atoms with van der Waals surface area (Å²) in [5, 5.41) is 11.3. The highest BCUT2D eigenvalue weighted by Gasteiger charge is 2.10. The number of halogens is 1. The maximum atomic E-state index is 12.0. The van der Waals surface area contributed by atoms with Gasteiger partial charge in [-0.2, -0.15) is 0 Å². The molecule has 4 nitrogen and oxygen atoms in total. The van der Waals surface area contributed by atoms with Crippen molar-refractivity contribution in [1.82, 2.24) is 5.32 Å². The van der Waals surface area contributed by atoms with E-state index in [1.165, 1.54) is 0 Å². The van der Waals surface area contributed by atoms with E-state index in [2.05, 4.69) is 21.2 Å². The number of rotatable bonds is 6. The molecule has 0 saturated heterocycles.